The lowest BCUT2D eigenvalue weighted by Gasteiger charge is -2.40. The van der Waals surface area contributed by atoms with Crippen LogP contribution in [-0.2, 0) is 9.53 Å². The number of amides is 1. The van der Waals surface area contributed by atoms with Crippen molar-refractivity contribution < 1.29 is 9.53 Å². The van der Waals surface area contributed by atoms with Crippen molar-refractivity contribution in [3.63, 3.8) is 0 Å². The van der Waals surface area contributed by atoms with E-state index in [4.69, 9.17) is 4.74 Å². The molecule has 0 bridgehead atoms. The van der Waals surface area contributed by atoms with Gasteiger partial charge in [0.05, 0.1) is 11.7 Å². The van der Waals surface area contributed by atoms with Gasteiger partial charge in [-0.3, -0.25) is 9.78 Å². The molecule has 1 aromatic rings. The van der Waals surface area contributed by atoms with E-state index in [-0.39, 0.29) is 12.0 Å². The normalized spacial score (nSPS) is 26.9. The van der Waals surface area contributed by atoms with Gasteiger partial charge in [0, 0.05) is 37.9 Å². The van der Waals surface area contributed by atoms with Crippen LogP contribution in [0.2, 0.25) is 0 Å². The van der Waals surface area contributed by atoms with Crippen molar-refractivity contribution in [3.05, 3.63) is 30.1 Å². The Labute approximate surface area is 150 Å². The van der Waals surface area contributed by atoms with E-state index in [0.717, 1.165) is 77.1 Å². The van der Waals surface area contributed by atoms with Gasteiger partial charge in [-0.25, -0.2) is 0 Å². The number of carbonyl (C=O) groups is 1. The van der Waals surface area contributed by atoms with Crippen molar-refractivity contribution in [1.29, 1.82) is 0 Å². The third-order valence-corrected chi connectivity index (χ3v) is 6.15. The molecule has 0 aromatic carbocycles. The summed E-state index contributed by atoms with van der Waals surface area (Å²) in [6.45, 7) is 4.79. The molecule has 5 nitrogen and oxygen atoms in total. The van der Waals surface area contributed by atoms with Gasteiger partial charge < -0.3 is 14.5 Å². The van der Waals surface area contributed by atoms with Gasteiger partial charge in [-0.1, -0.05) is 6.07 Å². The predicted molar refractivity (Wildman–Crippen MR) is 96.1 cm³/mol. The fourth-order valence-electron chi connectivity index (χ4n) is 4.71. The first kappa shape index (κ1) is 17.0. The first-order chi connectivity index (χ1) is 12.3. The maximum atomic E-state index is 13.1. The molecule has 1 amide bonds. The lowest BCUT2D eigenvalue weighted by atomic mass is 9.92. The van der Waals surface area contributed by atoms with Gasteiger partial charge in [-0.2, -0.15) is 0 Å². The zero-order valence-electron chi connectivity index (χ0n) is 15.0. The summed E-state index contributed by atoms with van der Waals surface area (Å²) in [5.41, 5.74) is 1.05. The summed E-state index contributed by atoms with van der Waals surface area (Å²) in [5.74, 6) is 0.556. The smallest absolute Gasteiger partial charge is 0.226 e. The molecule has 3 fully saturated rings. The molecule has 25 heavy (non-hydrogen) atoms. The number of likely N-dealkylation sites (tertiary alicyclic amines) is 2. The molecule has 3 saturated heterocycles. The third-order valence-electron chi connectivity index (χ3n) is 6.15. The minimum atomic E-state index is 0.183. The number of piperidine rings is 1. The molecule has 0 aliphatic carbocycles. The van der Waals surface area contributed by atoms with Crippen molar-refractivity contribution in [3.8, 4) is 0 Å². The Morgan fingerprint density at radius 3 is 2.56 bits per heavy atom. The highest BCUT2D eigenvalue weighted by Gasteiger charge is 2.36. The van der Waals surface area contributed by atoms with E-state index in [9.17, 15) is 4.79 Å². The van der Waals surface area contributed by atoms with E-state index in [1.807, 2.05) is 18.3 Å². The number of ether oxygens (including phenoxy) is 1. The Kier molecular flexibility index (Phi) is 5.32. The molecule has 4 rings (SSSR count). The first-order valence-electron chi connectivity index (χ1n) is 9.86. The predicted octanol–water partition coefficient (Wildman–Crippen LogP) is 2.64. The molecule has 3 aliphatic rings. The molecular weight excluding hydrogens is 314 g/mol. The third kappa shape index (κ3) is 3.72. The van der Waals surface area contributed by atoms with Crippen LogP contribution in [0.3, 0.4) is 0 Å². The molecule has 3 aliphatic heterocycles. The van der Waals surface area contributed by atoms with Gasteiger partial charge in [0.15, 0.2) is 0 Å². The molecule has 4 heterocycles. The molecule has 0 spiro atoms. The molecule has 1 unspecified atom stereocenters. The van der Waals surface area contributed by atoms with Crippen LogP contribution >= 0.6 is 0 Å². The molecule has 136 valence electrons. The van der Waals surface area contributed by atoms with Crippen molar-refractivity contribution in [2.75, 3.05) is 32.8 Å². The van der Waals surface area contributed by atoms with E-state index in [0.29, 0.717) is 11.9 Å². The topological polar surface area (TPSA) is 45.7 Å². The molecule has 0 saturated carbocycles. The number of aromatic nitrogens is 1. The Morgan fingerprint density at radius 1 is 1.04 bits per heavy atom. The SMILES string of the molecule is O=C(C1CCN(C2CCOCC2)CC1)N1CCCC1c1ccccn1. The zero-order valence-corrected chi connectivity index (χ0v) is 15.0. The largest absolute Gasteiger partial charge is 0.381 e. The lowest BCUT2D eigenvalue weighted by molar-refractivity contribution is -0.138. The van der Waals surface area contributed by atoms with Gasteiger partial charge in [-0.05, 0) is 63.7 Å². The Hall–Kier alpha value is -1.46. The molecular formula is C20H29N3O2. The van der Waals surface area contributed by atoms with Gasteiger partial charge in [0.1, 0.15) is 0 Å². The van der Waals surface area contributed by atoms with Crippen LogP contribution in [0.1, 0.15) is 50.3 Å². The van der Waals surface area contributed by atoms with Crippen molar-refractivity contribution in [2.24, 2.45) is 5.92 Å². The maximum Gasteiger partial charge on any atom is 0.226 e. The van der Waals surface area contributed by atoms with Crippen LogP contribution in [0.15, 0.2) is 24.4 Å². The summed E-state index contributed by atoms with van der Waals surface area (Å²) in [4.78, 5) is 22.3. The second-order valence-electron chi connectivity index (χ2n) is 7.60. The molecule has 1 aromatic heterocycles. The lowest BCUT2D eigenvalue weighted by Crippen LogP contribution is -2.47. The van der Waals surface area contributed by atoms with E-state index in [1.54, 1.807) is 0 Å². The fourth-order valence-corrected chi connectivity index (χ4v) is 4.71. The number of nitrogens with zero attached hydrogens (tertiary/aromatic N) is 3. The van der Waals surface area contributed by atoms with Crippen LogP contribution in [0.5, 0.6) is 0 Å². The fraction of sp³-hybridized carbons (Fsp3) is 0.700. The Morgan fingerprint density at radius 2 is 1.84 bits per heavy atom. The van der Waals surface area contributed by atoms with E-state index < -0.39 is 0 Å². The highest BCUT2D eigenvalue weighted by Crippen LogP contribution is 2.34. The number of rotatable bonds is 3. The average molecular weight is 343 g/mol. The number of carbonyl (C=O) groups excluding carboxylic acids is 1. The number of hydrogen-bond acceptors (Lipinski definition) is 4. The second-order valence-corrected chi connectivity index (χ2v) is 7.60. The molecule has 1 atom stereocenters. The maximum absolute atomic E-state index is 13.1. The Balaban J connectivity index is 1.35. The van der Waals surface area contributed by atoms with E-state index in [2.05, 4.69) is 20.9 Å². The molecule has 0 radical (unpaired) electrons. The van der Waals surface area contributed by atoms with Gasteiger partial charge in [0.2, 0.25) is 5.91 Å². The van der Waals surface area contributed by atoms with Crippen LogP contribution in [0, 0.1) is 5.92 Å². The van der Waals surface area contributed by atoms with E-state index in [1.165, 1.54) is 0 Å². The second kappa shape index (κ2) is 7.83. The minimum absolute atomic E-state index is 0.183. The van der Waals surface area contributed by atoms with Gasteiger partial charge in [0.25, 0.3) is 0 Å². The van der Waals surface area contributed by atoms with Crippen LogP contribution in [0.25, 0.3) is 0 Å². The summed E-state index contributed by atoms with van der Waals surface area (Å²) in [7, 11) is 0. The molecule has 0 N–H and O–H groups in total. The zero-order chi connectivity index (χ0) is 17.1. The van der Waals surface area contributed by atoms with Gasteiger partial charge in [-0.15, -0.1) is 0 Å². The van der Waals surface area contributed by atoms with E-state index >= 15 is 0 Å². The van der Waals surface area contributed by atoms with Crippen molar-refractivity contribution in [1.82, 2.24) is 14.8 Å². The summed E-state index contributed by atoms with van der Waals surface area (Å²) in [5, 5.41) is 0. The summed E-state index contributed by atoms with van der Waals surface area (Å²) < 4.78 is 5.48. The summed E-state index contributed by atoms with van der Waals surface area (Å²) in [6, 6.07) is 6.87. The highest BCUT2D eigenvalue weighted by atomic mass is 16.5. The van der Waals surface area contributed by atoms with Crippen molar-refractivity contribution >= 4 is 5.91 Å². The standard InChI is InChI=1S/C20H29N3O2/c24-20(23-11-3-5-19(23)18-4-1-2-10-21-18)16-6-12-22(13-7-16)17-8-14-25-15-9-17/h1-2,4,10,16-17,19H,3,5-9,11-15H2. The minimum Gasteiger partial charge on any atom is -0.381 e. The van der Waals surface area contributed by atoms with Crippen molar-refractivity contribution in [2.45, 2.75) is 50.6 Å². The quantitative estimate of drug-likeness (QED) is 0.846. The number of pyridine rings is 1. The van der Waals surface area contributed by atoms with Crippen LogP contribution in [-0.4, -0.2) is 59.6 Å². The van der Waals surface area contributed by atoms with Crippen LogP contribution < -0.4 is 0 Å². The highest BCUT2D eigenvalue weighted by molar-refractivity contribution is 5.79. The van der Waals surface area contributed by atoms with Gasteiger partial charge >= 0.3 is 0 Å². The average Bonchev–Trinajstić information content (AvgIpc) is 3.19. The van der Waals surface area contributed by atoms with Crippen LogP contribution in [0.4, 0.5) is 0 Å². The first-order valence-corrected chi connectivity index (χ1v) is 9.86. The summed E-state index contributed by atoms with van der Waals surface area (Å²) >= 11 is 0. The monoisotopic (exact) mass is 343 g/mol. The number of hydrogen-bond donors (Lipinski definition) is 0. The molecule has 5 heteroatoms. The summed E-state index contributed by atoms with van der Waals surface area (Å²) in [6.07, 6.45) is 8.27. The Bertz CT molecular complexity index is 566.